The van der Waals surface area contributed by atoms with Gasteiger partial charge in [0.25, 0.3) is 0 Å². The van der Waals surface area contributed by atoms with Crippen LogP contribution in [0, 0.1) is 0 Å². The molecule has 6 nitrogen and oxygen atoms in total. The molecule has 3 heterocycles. The summed E-state index contributed by atoms with van der Waals surface area (Å²) in [4.78, 5) is 21.9. The van der Waals surface area contributed by atoms with Gasteiger partial charge in [0.1, 0.15) is 0 Å². The molecule has 0 unspecified atom stereocenters. The molecule has 0 spiro atoms. The Morgan fingerprint density at radius 3 is 2.69 bits per heavy atom. The molecule has 0 bridgehead atoms. The van der Waals surface area contributed by atoms with Crippen molar-refractivity contribution >= 4 is 22.4 Å². The van der Waals surface area contributed by atoms with Crippen LogP contribution in [0.4, 0.5) is 4.79 Å². The summed E-state index contributed by atoms with van der Waals surface area (Å²) in [6.07, 6.45) is 1.88. The number of fused-ring (bicyclic) bond motifs is 1. The van der Waals surface area contributed by atoms with Gasteiger partial charge in [-0.15, -0.1) is 11.3 Å². The maximum Gasteiger partial charge on any atom is 0.409 e. The summed E-state index contributed by atoms with van der Waals surface area (Å²) < 4.78 is 7.29. The Hall–Kier alpha value is -2.38. The van der Waals surface area contributed by atoms with Crippen molar-refractivity contribution in [3.8, 4) is 11.3 Å². The fourth-order valence-corrected chi connectivity index (χ4v) is 4.06. The molecule has 0 N–H and O–H groups in total. The molecule has 3 aromatic rings. The second kappa shape index (κ2) is 7.47. The molecule has 0 atom stereocenters. The summed E-state index contributed by atoms with van der Waals surface area (Å²) in [6, 6.07) is 10.3. The molecule has 0 radical (unpaired) electrons. The molecule has 1 amide bonds. The van der Waals surface area contributed by atoms with E-state index in [9.17, 15) is 4.79 Å². The van der Waals surface area contributed by atoms with Crippen LogP contribution in [0.1, 0.15) is 12.6 Å². The Balaban J connectivity index is 1.53. The van der Waals surface area contributed by atoms with Gasteiger partial charge in [-0.3, -0.25) is 9.30 Å². The van der Waals surface area contributed by atoms with Gasteiger partial charge in [-0.05, 0) is 6.92 Å². The van der Waals surface area contributed by atoms with Crippen molar-refractivity contribution in [2.24, 2.45) is 0 Å². The van der Waals surface area contributed by atoms with Crippen molar-refractivity contribution in [2.45, 2.75) is 13.5 Å². The molecule has 7 heteroatoms. The molecule has 1 aliphatic heterocycles. The molecule has 0 aliphatic carbocycles. The van der Waals surface area contributed by atoms with Crippen LogP contribution < -0.4 is 0 Å². The minimum atomic E-state index is -0.207. The van der Waals surface area contributed by atoms with Gasteiger partial charge in [0, 0.05) is 49.9 Å². The first-order chi connectivity index (χ1) is 12.8. The zero-order valence-electron chi connectivity index (χ0n) is 14.8. The van der Waals surface area contributed by atoms with E-state index in [-0.39, 0.29) is 6.09 Å². The summed E-state index contributed by atoms with van der Waals surface area (Å²) in [7, 11) is 0. The van der Waals surface area contributed by atoms with Gasteiger partial charge in [0.2, 0.25) is 0 Å². The average Bonchev–Trinajstić information content (AvgIpc) is 3.26. The number of ether oxygens (including phenoxy) is 1. The van der Waals surface area contributed by atoms with Crippen molar-refractivity contribution in [1.29, 1.82) is 0 Å². The number of amides is 1. The highest BCUT2D eigenvalue weighted by atomic mass is 32.1. The molecule has 136 valence electrons. The fourth-order valence-electron chi connectivity index (χ4n) is 3.33. The number of aromatic nitrogens is 2. The minimum absolute atomic E-state index is 0.207. The van der Waals surface area contributed by atoms with E-state index in [1.54, 1.807) is 16.2 Å². The summed E-state index contributed by atoms with van der Waals surface area (Å²) in [5.41, 5.74) is 3.39. The highest BCUT2D eigenvalue weighted by molar-refractivity contribution is 7.15. The Kier molecular flexibility index (Phi) is 4.90. The van der Waals surface area contributed by atoms with Gasteiger partial charge in [0.05, 0.1) is 18.0 Å². The number of carbonyl (C=O) groups excluding carboxylic acids is 1. The quantitative estimate of drug-likeness (QED) is 0.707. The van der Waals surface area contributed by atoms with Crippen LogP contribution in [0.2, 0.25) is 0 Å². The molecule has 1 aliphatic rings. The Morgan fingerprint density at radius 1 is 1.19 bits per heavy atom. The predicted molar refractivity (Wildman–Crippen MR) is 102 cm³/mol. The van der Waals surface area contributed by atoms with Crippen LogP contribution >= 0.6 is 11.3 Å². The van der Waals surface area contributed by atoms with Gasteiger partial charge in [-0.2, -0.15) is 0 Å². The number of hydrogen-bond donors (Lipinski definition) is 0. The molecule has 26 heavy (non-hydrogen) atoms. The molecular weight excluding hydrogens is 348 g/mol. The van der Waals surface area contributed by atoms with Crippen LogP contribution in [-0.2, 0) is 11.3 Å². The summed E-state index contributed by atoms with van der Waals surface area (Å²) in [6.45, 7) is 6.15. The van der Waals surface area contributed by atoms with Crippen LogP contribution in [0.5, 0.6) is 0 Å². The number of nitrogens with zero attached hydrogens (tertiary/aromatic N) is 4. The van der Waals surface area contributed by atoms with Crippen LogP contribution in [0.15, 0.2) is 41.9 Å². The fraction of sp³-hybridized carbons (Fsp3) is 0.368. The third-order valence-electron chi connectivity index (χ3n) is 4.68. The summed E-state index contributed by atoms with van der Waals surface area (Å²) in [5, 5.41) is 2.07. The second-order valence-electron chi connectivity index (χ2n) is 6.29. The Morgan fingerprint density at radius 2 is 1.96 bits per heavy atom. The van der Waals surface area contributed by atoms with Gasteiger partial charge in [0.15, 0.2) is 4.96 Å². The topological polar surface area (TPSA) is 50.1 Å². The van der Waals surface area contributed by atoms with Gasteiger partial charge >= 0.3 is 6.09 Å². The van der Waals surface area contributed by atoms with Gasteiger partial charge < -0.3 is 9.64 Å². The smallest absolute Gasteiger partial charge is 0.409 e. The van der Waals surface area contributed by atoms with Crippen LogP contribution in [0.25, 0.3) is 16.2 Å². The zero-order valence-corrected chi connectivity index (χ0v) is 15.6. The Labute approximate surface area is 156 Å². The summed E-state index contributed by atoms with van der Waals surface area (Å²) >= 11 is 1.65. The van der Waals surface area contributed by atoms with E-state index in [0.717, 1.165) is 35.9 Å². The number of imidazole rings is 1. The second-order valence-corrected chi connectivity index (χ2v) is 7.16. The van der Waals surface area contributed by atoms with Crippen molar-refractivity contribution in [1.82, 2.24) is 19.2 Å². The zero-order chi connectivity index (χ0) is 17.9. The Bertz CT molecular complexity index is 881. The van der Waals surface area contributed by atoms with Crippen molar-refractivity contribution in [3.63, 3.8) is 0 Å². The van der Waals surface area contributed by atoms with E-state index in [1.807, 2.05) is 25.1 Å². The molecule has 1 aromatic carbocycles. The molecule has 1 saturated heterocycles. The van der Waals surface area contributed by atoms with Gasteiger partial charge in [-0.1, -0.05) is 30.3 Å². The lowest BCUT2D eigenvalue weighted by molar-refractivity contribution is 0.0775. The third kappa shape index (κ3) is 3.32. The molecular formula is C19H22N4O2S. The molecule has 2 aromatic heterocycles. The highest BCUT2D eigenvalue weighted by Gasteiger charge is 2.24. The van der Waals surface area contributed by atoms with Crippen molar-refractivity contribution in [2.75, 3.05) is 32.8 Å². The van der Waals surface area contributed by atoms with Gasteiger partial charge in [-0.25, -0.2) is 9.78 Å². The number of thiazole rings is 1. The van der Waals surface area contributed by atoms with E-state index in [4.69, 9.17) is 9.72 Å². The van der Waals surface area contributed by atoms with Crippen molar-refractivity contribution < 1.29 is 9.53 Å². The monoisotopic (exact) mass is 370 g/mol. The number of piperazine rings is 1. The SMILES string of the molecule is CCOC(=O)N1CCN(Cc2c(-c3ccccc3)nc3sccn23)CC1. The largest absolute Gasteiger partial charge is 0.450 e. The lowest BCUT2D eigenvalue weighted by atomic mass is 10.1. The van der Waals surface area contributed by atoms with E-state index in [0.29, 0.717) is 19.7 Å². The molecule has 4 rings (SSSR count). The molecule has 1 fully saturated rings. The predicted octanol–water partition coefficient (Wildman–Crippen LogP) is 3.34. The number of rotatable bonds is 4. The standard InChI is InChI=1S/C19H22N4O2S/c1-2-25-19(24)22-10-8-21(9-11-22)14-16-17(15-6-4-3-5-7-15)20-18-23(16)12-13-26-18/h3-7,12-13H,2,8-11,14H2,1H3. The average molecular weight is 370 g/mol. The van der Waals surface area contributed by atoms with Crippen molar-refractivity contribution in [3.05, 3.63) is 47.6 Å². The first-order valence-corrected chi connectivity index (χ1v) is 9.78. The lowest BCUT2D eigenvalue weighted by Gasteiger charge is -2.33. The normalized spacial score (nSPS) is 15.5. The summed E-state index contributed by atoms with van der Waals surface area (Å²) in [5.74, 6) is 0. The molecule has 0 saturated carbocycles. The maximum atomic E-state index is 11.9. The minimum Gasteiger partial charge on any atom is -0.450 e. The number of hydrogen-bond acceptors (Lipinski definition) is 5. The van der Waals surface area contributed by atoms with Crippen LogP contribution in [-0.4, -0.2) is 58.1 Å². The van der Waals surface area contributed by atoms with E-state index < -0.39 is 0 Å². The lowest BCUT2D eigenvalue weighted by Crippen LogP contribution is -2.48. The number of carbonyl (C=O) groups is 1. The van der Waals surface area contributed by atoms with Crippen LogP contribution in [0.3, 0.4) is 0 Å². The first kappa shape index (κ1) is 17.1. The van der Waals surface area contributed by atoms with E-state index in [1.165, 1.54) is 5.69 Å². The maximum absolute atomic E-state index is 11.9. The number of benzene rings is 1. The highest BCUT2D eigenvalue weighted by Crippen LogP contribution is 2.27. The first-order valence-electron chi connectivity index (χ1n) is 8.90. The van der Waals surface area contributed by atoms with E-state index in [2.05, 4.69) is 33.0 Å². The van der Waals surface area contributed by atoms with E-state index >= 15 is 0 Å². The third-order valence-corrected chi connectivity index (χ3v) is 5.44.